The molecule has 1 aromatic rings. The highest BCUT2D eigenvalue weighted by atomic mass is 19.1. The maximum Gasteiger partial charge on any atom is 0.126 e. The number of nitrogens with zero attached hydrogens (tertiary/aromatic N) is 1. The monoisotopic (exact) mass is 293 g/mol. The Labute approximate surface area is 125 Å². The summed E-state index contributed by atoms with van der Waals surface area (Å²) in [4.78, 5) is 2.51. The average Bonchev–Trinajstić information content (AvgIpc) is 2.94. The highest BCUT2D eigenvalue weighted by molar-refractivity contribution is 5.22. The van der Waals surface area contributed by atoms with Crippen molar-refractivity contribution < 1.29 is 14.2 Å². The van der Waals surface area contributed by atoms with Crippen molar-refractivity contribution in [3.05, 3.63) is 30.1 Å². The minimum absolute atomic E-state index is 0.238. The van der Waals surface area contributed by atoms with Crippen molar-refractivity contribution in [2.24, 2.45) is 0 Å². The lowest BCUT2D eigenvalue weighted by atomic mass is 10.1. The number of benzene rings is 1. The minimum atomic E-state index is -0.473. The van der Waals surface area contributed by atoms with Crippen LogP contribution in [0.25, 0.3) is 0 Å². The van der Waals surface area contributed by atoms with Crippen LogP contribution in [-0.2, 0) is 0 Å². The first-order chi connectivity index (χ1) is 10.2. The minimum Gasteiger partial charge on any atom is -0.488 e. The van der Waals surface area contributed by atoms with Gasteiger partial charge in [-0.15, -0.1) is 0 Å². The average molecular weight is 293 g/mol. The molecule has 116 valence electrons. The predicted molar refractivity (Wildman–Crippen MR) is 79.9 cm³/mol. The molecule has 1 aromatic carbocycles. The smallest absolute Gasteiger partial charge is 0.126 e. The summed E-state index contributed by atoms with van der Waals surface area (Å²) in [5.41, 5.74) is 0. The van der Waals surface area contributed by atoms with Gasteiger partial charge in [-0.05, 0) is 37.8 Å². The van der Waals surface area contributed by atoms with Gasteiger partial charge in [0.25, 0.3) is 0 Å². The van der Waals surface area contributed by atoms with Gasteiger partial charge in [0.2, 0.25) is 0 Å². The molecule has 2 aliphatic rings. The normalized spacial score (nSPS) is 28.5. The van der Waals surface area contributed by atoms with Crippen LogP contribution in [0, 0.1) is 5.82 Å². The van der Waals surface area contributed by atoms with Gasteiger partial charge in [0.15, 0.2) is 0 Å². The number of aliphatic hydroxyl groups is 1. The van der Waals surface area contributed by atoms with Crippen molar-refractivity contribution >= 4 is 0 Å². The molecular formula is C17H24FNO2. The zero-order chi connectivity index (χ0) is 14.7. The van der Waals surface area contributed by atoms with E-state index in [2.05, 4.69) is 4.90 Å². The Hall–Kier alpha value is -1.13. The highest BCUT2D eigenvalue weighted by Crippen LogP contribution is 2.27. The topological polar surface area (TPSA) is 32.7 Å². The van der Waals surface area contributed by atoms with E-state index in [9.17, 15) is 9.50 Å². The molecule has 21 heavy (non-hydrogen) atoms. The number of hydrogen-bond donors (Lipinski definition) is 1. The Balaban J connectivity index is 1.60. The molecule has 1 N–H and O–H groups in total. The van der Waals surface area contributed by atoms with Gasteiger partial charge in [-0.25, -0.2) is 4.39 Å². The van der Waals surface area contributed by atoms with Crippen LogP contribution >= 0.6 is 0 Å². The van der Waals surface area contributed by atoms with Crippen molar-refractivity contribution in [2.45, 2.75) is 56.8 Å². The molecule has 2 atom stereocenters. The summed E-state index contributed by atoms with van der Waals surface area (Å²) in [6.45, 7) is 1.90. The van der Waals surface area contributed by atoms with Gasteiger partial charge in [-0.1, -0.05) is 18.9 Å². The predicted octanol–water partition coefficient (Wildman–Crippen LogP) is 2.97. The van der Waals surface area contributed by atoms with Crippen molar-refractivity contribution in [2.75, 3.05) is 13.1 Å². The van der Waals surface area contributed by atoms with Gasteiger partial charge in [0.1, 0.15) is 17.7 Å². The molecule has 1 saturated carbocycles. The molecule has 2 fully saturated rings. The summed E-state index contributed by atoms with van der Waals surface area (Å²) in [6.07, 6.45) is 6.04. The number of aliphatic hydroxyl groups excluding tert-OH is 1. The summed E-state index contributed by atoms with van der Waals surface area (Å²) < 4.78 is 19.0. The summed E-state index contributed by atoms with van der Waals surface area (Å²) in [7, 11) is 0. The van der Waals surface area contributed by atoms with E-state index in [1.54, 1.807) is 12.1 Å². The molecule has 0 spiro atoms. The molecule has 3 rings (SSSR count). The van der Waals surface area contributed by atoms with Crippen molar-refractivity contribution in [3.63, 3.8) is 0 Å². The Morgan fingerprint density at radius 1 is 1.10 bits per heavy atom. The van der Waals surface area contributed by atoms with E-state index >= 15 is 0 Å². The second kappa shape index (κ2) is 6.75. The molecule has 0 unspecified atom stereocenters. The maximum atomic E-state index is 13.2. The lowest BCUT2D eigenvalue weighted by Gasteiger charge is -2.26. The third-order valence-electron chi connectivity index (χ3n) is 4.77. The first-order valence-electron chi connectivity index (χ1n) is 8.07. The maximum absolute atomic E-state index is 13.2. The van der Waals surface area contributed by atoms with E-state index < -0.39 is 6.10 Å². The number of rotatable bonds is 3. The molecule has 1 heterocycles. The van der Waals surface area contributed by atoms with Gasteiger partial charge >= 0.3 is 0 Å². The largest absolute Gasteiger partial charge is 0.488 e. The third kappa shape index (κ3) is 3.74. The molecule has 0 amide bonds. The SMILES string of the molecule is O[C@H]1CCN(C2CCCC2)CC[C@@H]1Oc1cccc(F)c1. The number of likely N-dealkylation sites (tertiary alicyclic amines) is 1. The van der Waals surface area contributed by atoms with Crippen LogP contribution < -0.4 is 4.74 Å². The third-order valence-corrected chi connectivity index (χ3v) is 4.77. The van der Waals surface area contributed by atoms with E-state index in [-0.39, 0.29) is 11.9 Å². The molecule has 1 saturated heterocycles. The molecule has 4 heteroatoms. The highest BCUT2D eigenvalue weighted by Gasteiger charge is 2.30. The van der Waals surface area contributed by atoms with Crippen LogP contribution in [-0.4, -0.2) is 41.3 Å². The summed E-state index contributed by atoms with van der Waals surface area (Å²) in [5, 5.41) is 10.3. The molecular weight excluding hydrogens is 269 g/mol. The van der Waals surface area contributed by atoms with Crippen LogP contribution in [0.5, 0.6) is 5.75 Å². The molecule has 1 aliphatic heterocycles. The van der Waals surface area contributed by atoms with Crippen molar-refractivity contribution in [1.29, 1.82) is 0 Å². The molecule has 0 radical (unpaired) electrons. The Bertz CT molecular complexity index is 462. The molecule has 1 aliphatic carbocycles. The quantitative estimate of drug-likeness (QED) is 0.930. The molecule has 0 bridgehead atoms. The van der Waals surface area contributed by atoms with Crippen LogP contribution in [0.4, 0.5) is 4.39 Å². The zero-order valence-electron chi connectivity index (χ0n) is 12.4. The second-order valence-corrected chi connectivity index (χ2v) is 6.23. The first kappa shape index (κ1) is 14.8. The molecule has 3 nitrogen and oxygen atoms in total. The Morgan fingerprint density at radius 2 is 1.86 bits per heavy atom. The number of hydrogen-bond acceptors (Lipinski definition) is 3. The van der Waals surface area contributed by atoms with Gasteiger partial charge in [-0.3, -0.25) is 0 Å². The van der Waals surface area contributed by atoms with E-state index in [0.717, 1.165) is 25.9 Å². The van der Waals surface area contributed by atoms with E-state index in [1.165, 1.54) is 37.8 Å². The van der Waals surface area contributed by atoms with Crippen molar-refractivity contribution in [3.8, 4) is 5.75 Å². The lowest BCUT2D eigenvalue weighted by Crippen LogP contribution is -2.34. The zero-order valence-corrected chi connectivity index (χ0v) is 12.4. The van der Waals surface area contributed by atoms with Crippen LogP contribution in [0.15, 0.2) is 24.3 Å². The van der Waals surface area contributed by atoms with Gasteiger partial charge < -0.3 is 14.7 Å². The fourth-order valence-electron chi connectivity index (χ4n) is 3.57. The van der Waals surface area contributed by atoms with Gasteiger partial charge in [0.05, 0.1) is 6.10 Å². The van der Waals surface area contributed by atoms with E-state index in [1.807, 2.05) is 0 Å². The summed E-state index contributed by atoms with van der Waals surface area (Å²) >= 11 is 0. The summed E-state index contributed by atoms with van der Waals surface area (Å²) in [6, 6.07) is 6.85. The lowest BCUT2D eigenvalue weighted by molar-refractivity contribution is 0.0348. The molecule has 0 aromatic heterocycles. The standard InChI is InChI=1S/C17H24FNO2/c18-13-4-3-7-15(12-13)21-17-9-11-19(10-8-16(17)20)14-5-1-2-6-14/h3-4,7,12,14,16-17,20H,1-2,5-6,8-11H2/t16-,17-/m0/s1. The first-order valence-corrected chi connectivity index (χ1v) is 8.07. The number of halogens is 1. The second-order valence-electron chi connectivity index (χ2n) is 6.23. The van der Waals surface area contributed by atoms with E-state index in [4.69, 9.17) is 4.74 Å². The van der Waals surface area contributed by atoms with Crippen molar-refractivity contribution in [1.82, 2.24) is 4.90 Å². The van der Waals surface area contributed by atoms with Gasteiger partial charge in [0, 0.05) is 25.2 Å². The fraction of sp³-hybridized carbons (Fsp3) is 0.647. The van der Waals surface area contributed by atoms with E-state index in [0.29, 0.717) is 11.8 Å². The van der Waals surface area contributed by atoms with Gasteiger partial charge in [-0.2, -0.15) is 0 Å². The fourth-order valence-corrected chi connectivity index (χ4v) is 3.57. The van der Waals surface area contributed by atoms with Crippen LogP contribution in [0.2, 0.25) is 0 Å². The Kier molecular flexibility index (Phi) is 4.76. The number of ether oxygens (including phenoxy) is 1. The Morgan fingerprint density at radius 3 is 2.62 bits per heavy atom. The summed E-state index contributed by atoms with van der Waals surface area (Å²) in [5.74, 6) is 0.205. The van der Waals surface area contributed by atoms with Crippen LogP contribution in [0.3, 0.4) is 0 Å². The van der Waals surface area contributed by atoms with Crippen LogP contribution in [0.1, 0.15) is 38.5 Å².